The summed E-state index contributed by atoms with van der Waals surface area (Å²) in [5.41, 5.74) is 2.23. The Bertz CT molecular complexity index is 394. The van der Waals surface area contributed by atoms with Gasteiger partial charge in [-0.1, -0.05) is 39.3 Å². The molecular formula is C14H26ClN3. The van der Waals surface area contributed by atoms with E-state index in [0.717, 1.165) is 35.9 Å². The largest absolute Gasteiger partial charge is 0.316 e. The lowest BCUT2D eigenvalue weighted by atomic mass is 9.87. The van der Waals surface area contributed by atoms with E-state index in [1.54, 1.807) is 0 Å². The number of halogens is 1. The van der Waals surface area contributed by atoms with Crippen molar-refractivity contribution in [3.63, 3.8) is 0 Å². The molecule has 4 heteroatoms. The summed E-state index contributed by atoms with van der Waals surface area (Å²) in [7, 11) is 1.96. The van der Waals surface area contributed by atoms with Gasteiger partial charge in [-0.2, -0.15) is 5.10 Å². The second-order valence-electron chi connectivity index (χ2n) is 6.34. The quantitative estimate of drug-likeness (QED) is 0.861. The second-order valence-corrected chi connectivity index (χ2v) is 6.71. The van der Waals surface area contributed by atoms with E-state index in [-0.39, 0.29) is 5.41 Å². The third-order valence-corrected chi connectivity index (χ3v) is 3.56. The molecule has 104 valence electrons. The minimum atomic E-state index is 0.179. The van der Waals surface area contributed by atoms with Crippen molar-refractivity contribution in [3.8, 4) is 0 Å². The van der Waals surface area contributed by atoms with Crippen molar-refractivity contribution >= 4 is 11.6 Å². The van der Waals surface area contributed by atoms with Gasteiger partial charge in [-0.05, 0) is 31.2 Å². The van der Waals surface area contributed by atoms with Crippen LogP contribution in [0.3, 0.4) is 0 Å². The first-order chi connectivity index (χ1) is 8.23. The third-order valence-electron chi connectivity index (χ3n) is 3.06. The van der Waals surface area contributed by atoms with Gasteiger partial charge in [0.05, 0.1) is 16.4 Å². The van der Waals surface area contributed by atoms with Gasteiger partial charge in [0.1, 0.15) is 0 Å². The first-order valence-corrected chi connectivity index (χ1v) is 6.99. The molecule has 3 nitrogen and oxygen atoms in total. The van der Waals surface area contributed by atoms with E-state index in [1.165, 1.54) is 0 Å². The average Bonchev–Trinajstić information content (AvgIpc) is 2.44. The smallest absolute Gasteiger partial charge is 0.0847 e. The highest BCUT2D eigenvalue weighted by Crippen LogP contribution is 2.27. The molecule has 0 spiro atoms. The molecule has 0 aliphatic carbocycles. The monoisotopic (exact) mass is 271 g/mol. The Morgan fingerprint density at radius 1 is 1.39 bits per heavy atom. The summed E-state index contributed by atoms with van der Waals surface area (Å²) < 4.78 is 1.90. The van der Waals surface area contributed by atoms with Gasteiger partial charge in [-0.3, -0.25) is 4.68 Å². The standard InChI is InChI=1S/C14H26ClN3/c1-10(2)8-16-9-14(4,5)7-12-13(15)11(3)17-18(12)6/h10,16H,7-9H2,1-6H3. The number of hydrogen-bond acceptors (Lipinski definition) is 2. The van der Waals surface area contributed by atoms with Crippen LogP contribution in [0.4, 0.5) is 0 Å². The highest BCUT2D eigenvalue weighted by atomic mass is 35.5. The molecule has 1 heterocycles. The van der Waals surface area contributed by atoms with Crippen LogP contribution in [-0.4, -0.2) is 22.9 Å². The fourth-order valence-corrected chi connectivity index (χ4v) is 2.31. The average molecular weight is 272 g/mol. The van der Waals surface area contributed by atoms with Gasteiger partial charge in [0, 0.05) is 13.6 Å². The van der Waals surface area contributed by atoms with Gasteiger partial charge in [-0.15, -0.1) is 0 Å². The second kappa shape index (κ2) is 6.07. The molecule has 0 unspecified atom stereocenters. The van der Waals surface area contributed by atoms with Crippen LogP contribution in [-0.2, 0) is 13.5 Å². The van der Waals surface area contributed by atoms with Crippen molar-refractivity contribution in [2.24, 2.45) is 18.4 Å². The molecule has 0 atom stereocenters. The molecule has 1 N–H and O–H groups in total. The Labute approximate surface area is 116 Å². The topological polar surface area (TPSA) is 29.9 Å². The maximum atomic E-state index is 6.30. The first-order valence-electron chi connectivity index (χ1n) is 6.61. The Balaban J connectivity index is 2.64. The van der Waals surface area contributed by atoms with Crippen molar-refractivity contribution in [3.05, 3.63) is 16.4 Å². The summed E-state index contributed by atoms with van der Waals surface area (Å²) in [6, 6.07) is 0. The predicted molar refractivity (Wildman–Crippen MR) is 78.1 cm³/mol. The molecule has 0 aliphatic rings. The van der Waals surface area contributed by atoms with E-state index >= 15 is 0 Å². The number of aryl methyl sites for hydroxylation is 2. The Kier molecular flexibility index (Phi) is 5.23. The van der Waals surface area contributed by atoms with Crippen LogP contribution in [0.5, 0.6) is 0 Å². The molecule has 0 saturated heterocycles. The summed E-state index contributed by atoms with van der Waals surface area (Å²) in [6.07, 6.45) is 0.939. The van der Waals surface area contributed by atoms with Crippen LogP contribution in [0.15, 0.2) is 0 Å². The first kappa shape index (κ1) is 15.5. The molecule has 1 aromatic rings. The highest BCUT2D eigenvalue weighted by molar-refractivity contribution is 6.31. The molecule has 0 fully saturated rings. The lowest BCUT2D eigenvalue weighted by molar-refractivity contribution is 0.323. The van der Waals surface area contributed by atoms with Crippen molar-refractivity contribution < 1.29 is 0 Å². The zero-order valence-corrected chi connectivity index (χ0v) is 13.2. The molecule has 0 aromatic carbocycles. The van der Waals surface area contributed by atoms with Crippen LogP contribution in [0.1, 0.15) is 39.1 Å². The third kappa shape index (κ3) is 4.29. The lowest BCUT2D eigenvalue weighted by Gasteiger charge is -2.26. The predicted octanol–water partition coefficient (Wildman–Crippen LogP) is 3.20. The Hall–Kier alpha value is -0.540. The van der Waals surface area contributed by atoms with Gasteiger partial charge in [-0.25, -0.2) is 0 Å². The summed E-state index contributed by atoms with van der Waals surface area (Å²) in [5.74, 6) is 0.684. The van der Waals surface area contributed by atoms with Crippen molar-refractivity contribution in [1.82, 2.24) is 15.1 Å². The molecule has 0 aliphatic heterocycles. The number of hydrogen-bond donors (Lipinski definition) is 1. The van der Waals surface area contributed by atoms with E-state index in [1.807, 2.05) is 18.7 Å². The fourth-order valence-electron chi connectivity index (χ4n) is 2.09. The van der Waals surface area contributed by atoms with E-state index < -0.39 is 0 Å². The van der Waals surface area contributed by atoms with E-state index in [2.05, 4.69) is 38.1 Å². The minimum absolute atomic E-state index is 0.179. The normalized spacial score (nSPS) is 12.4. The molecule has 0 bridgehead atoms. The number of rotatable bonds is 6. The maximum Gasteiger partial charge on any atom is 0.0847 e. The molecule has 18 heavy (non-hydrogen) atoms. The van der Waals surface area contributed by atoms with Gasteiger partial charge in [0.25, 0.3) is 0 Å². The van der Waals surface area contributed by atoms with Gasteiger partial charge >= 0.3 is 0 Å². The van der Waals surface area contributed by atoms with Gasteiger partial charge in [0.2, 0.25) is 0 Å². The van der Waals surface area contributed by atoms with Crippen LogP contribution in [0.2, 0.25) is 5.02 Å². The van der Waals surface area contributed by atoms with Crippen LogP contribution in [0.25, 0.3) is 0 Å². The molecule has 0 radical (unpaired) electrons. The van der Waals surface area contributed by atoms with Crippen molar-refractivity contribution in [1.29, 1.82) is 0 Å². The van der Waals surface area contributed by atoms with E-state index in [4.69, 9.17) is 11.6 Å². The summed E-state index contributed by atoms with van der Waals surface area (Å²) in [5, 5.41) is 8.70. The van der Waals surface area contributed by atoms with Gasteiger partial charge in [0.15, 0.2) is 0 Å². The van der Waals surface area contributed by atoms with E-state index in [0.29, 0.717) is 5.92 Å². The zero-order valence-electron chi connectivity index (χ0n) is 12.5. The molecule has 0 amide bonds. The lowest BCUT2D eigenvalue weighted by Crippen LogP contribution is -2.33. The van der Waals surface area contributed by atoms with Crippen LogP contribution in [0, 0.1) is 18.3 Å². The number of aromatic nitrogens is 2. The Morgan fingerprint density at radius 3 is 2.44 bits per heavy atom. The molecular weight excluding hydrogens is 246 g/mol. The molecule has 0 saturated carbocycles. The van der Waals surface area contributed by atoms with Gasteiger partial charge < -0.3 is 5.32 Å². The minimum Gasteiger partial charge on any atom is -0.316 e. The SMILES string of the molecule is Cc1nn(C)c(CC(C)(C)CNCC(C)C)c1Cl. The summed E-state index contributed by atoms with van der Waals surface area (Å²) in [4.78, 5) is 0. The van der Waals surface area contributed by atoms with Crippen LogP contribution < -0.4 is 5.32 Å². The summed E-state index contributed by atoms with van der Waals surface area (Å²) >= 11 is 6.30. The molecule has 1 aromatic heterocycles. The molecule has 1 rings (SSSR count). The van der Waals surface area contributed by atoms with Crippen molar-refractivity contribution in [2.75, 3.05) is 13.1 Å². The van der Waals surface area contributed by atoms with Crippen molar-refractivity contribution in [2.45, 2.75) is 41.0 Å². The number of nitrogens with one attached hydrogen (secondary N) is 1. The Morgan fingerprint density at radius 2 is 2.00 bits per heavy atom. The maximum absolute atomic E-state index is 6.30. The highest BCUT2D eigenvalue weighted by Gasteiger charge is 2.23. The zero-order chi connectivity index (χ0) is 13.9. The summed E-state index contributed by atoms with van der Waals surface area (Å²) in [6.45, 7) is 13.0. The van der Waals surface area contributed by atoms with E-state index in [9.17, 15) is 0 Å². The number of nitrogens with zero attached hydrogens (tertiary/aromatic N) is 2. The fraction of sp³-hybridized carbons (Fsp3) is 0.786. The van der Waals surface area contributed by atoms with Crippen LogP contribution >= 0.6 is 11.6 Å².